The smallest absolute Gasteiger partial charge is 0.291 e. The molecule has 4 aromatic rings. The highest BCUT2D eigenvalue weighted by Gasteiger charge is 2.12. The minimum Gasteiger partial charge on any atom is -0.497 e. The number of aromatic nitrogens is 4. The number of nitrogens with zero attached hydrogens (tertiary/aromatic N) is 5. The first-order valence-corrected chi connectivity index (χ1v) is 9.13. The molecule has 0 unspecified atom stereocenters. The summed E-state index contributed by atoms with van der Waals surface area (Å²) in [6.07, 6.45) is 7.73. The van der Waals surface area contributed by atoms with Gasteiger partial charge in [0.1, 0.15) is 17.1 Å². The number of nitrogens with one attached hydrogen (secondary N) is 1. The summed E-state index contributed by atoms with van der Waals surface area (Å²) in [6, 6.07) is 17.3. The molecule has 2 aromatic heterocycles. The van der Waals surface area contributed by atoms with E-state index in [1.807, 2.05) is 60.8 Å². The van der Waals surface area contributed by atoms with Crippen LogP contribution in [0, 0.1) is 0 Å². The van der Waals surface area contributed by atoms with Crippen LogP contribution < -0.4 is 10.2 Å². The number of benzene rings is 2. The molecule has 0 saturated carbocycles. The topological polar surface area (TPSA) is 94.3 Å². The van der Waals surface area contributed by atoms with Crippen molar-refractivity contribution >= 4 is 12.1 Å². The molecule has 0 aliphatic rings. The van der Waals surface area contributed by atoms with Crippen molar-refractivity contribution in [3.8, 4) is 22.7 Å². The molecule has 0 radical (unpaired) electrons. The van der Waals surface area contributed by atoms with Crippen LogP contribution in [-0.4, -0.2) is 39.0 Å². The van der Waals surface area contributed by atoms with Gasteiger partial charge in [-0.1, -0.05) is 18.2 Å². The predicted octanol–water partition coefficient (Wildman–Crippen LogP) is 3.10. The van der Waals surface area contributed by atoms with Gasteiger partial charge in [0.25, 0.3) is 5.91 Å². The normalized spacial score (nSPS) is 10.8. The van der Waals surface area contributed by atoms with Gasteiger partial charge in [-0.05, 0) is 36.4 Å². The maximum Gasteiger partial charge on any atom is 0.291 e. The van der Waals surface area contributed by atoms with Crippen molar-refractivity contribution < 1.29 is 9.53 Å². The highest BCUT2D eigenvalue weighted by molar-refractivity contribution is 5.94. The SMILES string of the molecule is COc1ccc(-c2nn(-c3ccccc3)cc2C=NNC(=O)c2cnccn2)cc1. The van der Waals surface area contributed by atoms with Crippen molar-refractivity contribution in [2.75, 3.05) is 7.11 Å². The second-order valence-electron chi connectivity index (χ2n) is 6.23. The molecule has 0 fully saturated rings. The Kier molecular flexibility index (Phi) is 5.56. The van der Waals surface area contributed by atoms with Crippen LogP contribution in [0.5, 0.6) is 5.75 Å². The van der Waals surface area contributed by atoms with Gasteiger partial charge in [-0.2, -0.15) is 10.2 Å². The molecule has 0 saturated heterocycles. The minimum absolute atomic E-state index is 0.185. The van der Waals surface area contributed by atoms with E-state index in [4.69, 9.17) is 9.84 Å². The van der Waals surface area contributed by atoms with E-state index in [9.17, 15) is 4.79 Å². The Morgan fingerprint density at radius 2 is 1.90 bits per heavy atom. The lowest BCUT2D eigenvalue weighted by Crippen LogP contribution is -2.19. The Hall–Kier alpha value is -4.33. The number of carbonyl (C=O) groups excluding carboxylic acids is 1. The van der Waals surface area contributed by atoms with E-state index in [-0.39, 0.29) is 5.69 Å². The van der Waals surface area contributed by atoms with E-state index < -0.39 is 5.91 Å². The second-order valence-corrected chi connectivity index (χ2v) is 6.23. The maximum absolute atomic E-state index is 12.1. The third-order valence-corrected chi connectivity index (χ3v) is 4.29. The summed E-state index contributed by atoms with van der Waals surface area (Å²) >= 11 is 0. The number of hydrogen-bond acceptors (Lipinski definition) is 6. The summed E-state index contributed by atoms with van der Waals surface area (Å²) in [5, 5.41) is 8.79. The molecule has 30 heavy (non-hydrogen) atoms. The highest BCUT2D eigenvalue weighted by atomic mass is 16.5. The van der Waals surface area contributed by atoms with Crippen molar-refractivity contribution in [3.05, 3.63) is 90.6 Å². The first-order chi connectivity index (χ1) is 14.7. The standard InChI is InChI=1S/C22H18N6O2/c1-30-19-9-7-16(8-10-19)21-17(15-28(27-21)18-5-3-2-4-6-18)13-25-26-22(29)20-14-23-11-12-24-20/h2-15H,1H3,(H,26,29). The Morgan fingerprint density at radius 1 is 1.10 bits per heavy atom. The molecule has 0 aliphatic carbocycles. The average Bonchev–Trinajstić information content (AvgIpc) is 3.24. The fourth-order valence-electron chi connectivity index (χ4n) is 2.80. The number of amides is 1. The fraction of sp³-hybridized carbons (Fsp3) is 0.0455. The summed E-state index contributed by atoms with van der Waals surface area (Å²) < 4.78 is 7.00. The highest BCUT2D eigenvalue weighted by Crippen LogP contribution is 2.25. The lowest BCUT2D eigenvalue weighted by atomic mass is 10.1. The first-order valence-electron chi connectivity index (χ1n) is 9.13. The monoisotopic (exact) mass is 398 g/mol. The number of methoxy groups -OCH3 is 1. The van der Waals surface area contributed by atoms with Gasteiger partial charge in [0.05, 0.1) is 25.2 Å². The van der Waals surface area contributed by atoms with E-state index in [0.29, 0.717) is 0 Å². The van der Waals surface area contributed by atoms with E-state index in [2.05, 4.69) is 20.5 Å². The van der Waals surface area contributed by atoms with Crippen LogP contribution in [0.2, 0.25) is 0 Å². The third kappa shape index (κ3) is 4.22. The Labute approximate surface area is 172 Å². The molecule has 8 nitrogen and oxygen atoms in total. The fourth-order valence-corrected chi connectivity index (χ4v) is 2.80. The summed E-state index contributed by atoms with van der Waals surface area (Å²) in [5.41, 5.74) is 5.92. The van der Waals surface area contributed by atoms with Crippen molar-refractivity contribution in [2.45, 2.75) is 0 Å². The van der Waals surface area contributed by atoms with Crippen LogP contribution in [0.3, 0.4) is 0 Å². The Morgan fingerprint density at radius 3 is 2.60 bits per heavy atom. The van der Waals surface area contributed by atoms with E-state index >= 15 is 0 Å². The molecule has 0 bridgehead atoms. The van der Waals surface area contributed by atoms with Gasteiger partial charge in [0.15, 0.2) is 0 Å². The van der Waals surface area contributed by atoms with Gasteiger partial charge in [0.2, 0.25) is 0 Å². The number of rotatable bonds is 6. The Balaban J connectivity index is 1.64. The van der Waals surface area contributed by atoms with Gasteiger partial charge in [-0.15, -0.1) is 0 Å². The van der Waals surface area contributed by atoms with E-state index in [1.165, 1.54) is 18.6 Å². The van der Waals surface area contributed by atoms with Crippen LogP contribution in [0.4, 0.5) is 0 Å². The predicted molar refractivity (Wildman–Crippen MR) is 113 cm³/mol. The lowest BCUT2D eigenvalue weighted by molar-refractivity contribution is 0.0949. The molecule has 2 heterocycles. The molecule has 148 valence electrons. The second kappa shape index (κ2) is 8.78. The molecule has 0 spiro atoms. The number of carbonyl (C=O) groups is 1. The minimum atomic E-state index is -0.444. The Bertz CT molecular complexity index is 1160. The zero-order chi connectivity index (χ0) is 20.8. The quantitative estimate of drug-likeness (QED) is 0.398. The largest absolute Gasteiger partial charge is 0.497 e. The molecule has 1 amide bonds. The van der Waals surface area contributed by atoms with Crippen LogP contribution in [0.15, 0.2) is 84.5 Å². The molecule has 2 aromatic carbocycles. The zero-order valence-electron chi connectivity index (χ0n) is 16.1. The number of hydrazone groups is 1. The number of ether oxygens (including phenoxy) is 1. The number of hydrogen-bond donors (Lipinski definition) is 1. The molecule has 0 atom stereocenters. The van der Waals surface area contributed by atoms with Crippen LogP contribution in [0.25, 0.3) is 16.9 Å². The summed E-state index contributed by atoms with van der Waals surface area (Å²) in [5.74, 6) is 0.313. The van der Waals surface area contributed by atoms with Gasteiger partial charge in [0, 0.05) is 29.7 Å². The van der Waals surface area contributed by atoms with Crippen LogP contribution in [-0.2, 0) is 0 Å². The molecular formula is C22H18N6O2. The molecule has 8 heteroatoms. The van der Waals surface area contributed by atoms with Gasteiger partial charge < -0.3 is 4.74 Å². The zero-order valence-corrected chi connectivity index (χ0v) is 16.1. The van der Waals surface area contributed by atoms with E-state index in [1.54, 1.807) is 18.0 Å². The number of para-hydroxylation sites is 1. The van der Waals surface area contributed by atoms with E-state index in [0.717, 1.165) is 28.3 Å². The molecule has 4 rings (SSSR count). The summed E-state index contributed by atoms with van der Waals surface area (Å²) in [6.45, 7) is 0. The maximum atomic E-state index is 12.1. The van der Waals surface area contributed by atoms with Gasteiger partial charge >= 0.3 is 0 Å². The summed E-state index contributed by atoms with van der Waals surface area (Å²) in [4.78, 5) is 20.0. The molecule has 0 aliphatic heterocycles. The van der Waals surface area contributed by atoms with Gasteiger partial charge in [-0.25, -0.2) is 15.1 Å². The van der Waals surface area contributed by atoms with Crippen LogP contribution in [0.1, 0.15) is 16.1 Å². The first kappa shape index (κ1) is 19.0. The average molecular weight is 398 g/mol. The lowest BCUT2D eigenvalue weighted by Gasteiger charge is -2.02. The van der Waals surface area contributed by atoms with Crippen molar-refractivity contribution in [2.24, 2.45) is 5.10 Å². The summed E-state index contributed by atoms with van der Waals surface area (Å²) in [7, 11) is 1.62. The molecular weight excluding hydrogens is 380 g/mol. The third-order valence-electron chi connectivity index (χ3n) is 4.29. The van der Waals surface area contributed by atoms with Crippen molar-refractivity contribution in [3.63, 3.8) is 0 Å². The van der Waals surface area contributed by atoms with Crippen molar-refractivity contribution in [1.82, 2.24) is 25.2 Å². The molecule has 1 N–H and O–H groups in total. The van der Waals surface area contributed by atoms with Gasteiger partial charge in [-0.3, -0.25) is 9.78 Å². The van der Waals surface area contributed by atoms with Crippen molar-refractivity contribution in [1.29, 1.82) is 0 Å². The van der Waals surface area contributed by atoms with Crippen LogP contribution >= 0.6 is 0 Å².